The summed E-state index contributed by atoms with van der Waals surface area (Å²) in [5.74, 6) is 0.501. The summed E-state index contributed by atoms with van der Waals surface area (Å²) in [4.78, 5) is 13.1. The molecule has 0 radical (unpaired) electrons. The van der Waals surface area contributed by atoms with E-state index in [2.05, 4.69) is 17.1 Å². The first-order valence-electron chi connectivity index (χ1n) is 6.95. The summed E-state index contributed by atoms with van der Waals surface area (Å²) in [6.45, 7) is 5.19. The molecule has 0 aliphatic carbocycles. The third-order valence-corrected chi connectivity index (χ3v) is 3.71. The molecule has 110 valence electrons. The molecule has 1 unspecified atom stereocenters. The maximum absolute atomic E-state index is 11.2. The van der Waals surface area contributed by atoms with Gasteiger partial charge in [-0.25, -0.2) is 0 Å². The molecule has 0 spiro atoms. The Hall–Kier alpha value is -1.82. The number of likely N-dealkylation sites (N-methyl/N-ethyl adjacent to an activating group) is 1. The van der Waals surface area contributed by atoms with Crippen LogP contribution in [0.25, 0.3) is 0 Å². The van der Waals surface area contributed by atoms with Crippen molar-refractivity contribution in [3.63, 3.8) is 0 Å². The van der Waals surface area contributed by atoms with Crippen LogP contribution < -0.4 is 10.1 Å². The van der Waals surface area contributed by atoms with E-state index in [1.54, 1.807) is 12.1 Å². The minimum atomic E-state index is -0.370. The molecule has 6 nitrogen and oxygen atoms in total. The van der Waals surface area contributed by atoms with E-state index in [4.69, 9.17) is 4.74 Å². The van der Waals surface area contributed by atoms with Gasteiger partial charge in [0, 0.05) is 12.6 Å². The van der Waals surface area contributed by atoms with E-state index < -0.39 is 0 Å². The lowest BCUT2D eigenvalue weighted by Crippen LogP contribution is -2.41. The zero-order valence-corrected chi connectivity index (χ0v) is 12.0. The number of nitrogens with one attached hydrogen (secondary N) is 1. The zero-order valence-electron chi connectivity index (χ0n) is 12.0. The number of nitrogens with zero attached hydrogens (tertiary/aromatic N) is 2. The average molecular weight is 279 g/mol. The first-order valence-corrected chi connectivity index (χ1v) is 6.95. The van der Waals surface area contributed by atoms with E-state index in [0.29, 0.717) is 11.4 Å². The van der Waals surface area contributed by atoms with Crippen LogP contribution in [0.4, 0.5) is 11.4 Å². The first-order chi connectivity index (χ1) is 9.63. The van der Waals surface area contributed by atoms with E-state index in [-0.39, 0.29) is 16.7 Å². The molecule has 20 heavy (non-hydrogen) atoms. The minimum Gasteiger partial charge on any atom is -0.496 e. The zero-order chi connectivity index (χ0) is 14.5. The first kappa shape index (κ1) is 14.6. The number of nitro benzene ring substituents is 1. The molecular weight excluding hydrogens is 258 g/mol. The monoisotopic (exact) mass is 279 g/mol. The van der Waals surface area contributed by atoms with Crippen molar-refractivity contribution in [1.82, 2.24) is 4.90 Å². The van der Waals surface area contributed by atoms with Gasteiger partial charge in [-0.3, -0.25) is 10.1 Å². The third kappa shape index (κ3) is 3.39. The summed E-state index contributed by atoms with van der Waals surface area (Å²) >= 11 is 0. The van der Waals surface area contributed by atoms with Gasteiger partial charge in [0.15, 0.2) is 0 Å². The van der Waals surface area contributed by atoms with Crippen LogP contribution in [0, 0.1) is 10.1 Å². The number of methoxy groups -OCH3 is 1. The number of benzene rings is 1. The van der Waals surface area contributed by atoms with Crippen molar-refractivity contribution in [2.45, 2.75) is 25.8 Å². The van der Waals surface area contributed by atoms with Gasteiger partial charge in [-0.05, 0) is 38.1 Å². The number of anilines is 1. The predicted molar refractivity (Wildman–Crippen MR) is 78.4 cm³/mol. The summed E-state index contributed by atoms with van der Waals surface area (Å²) in [6.07, 6.45) is 2.16. The van der Waals surface area contributed by atoms with Crippen LogP contribution in [0.15, 0.2) is 18.2 Å². The van der Waals surface area contributed by atoms with Crippen LogP contribution in [0.2, 0.25) is 0 Å². The molecule has 2 rings (SSSR count). The van der Waals surface area contributed by atoms with Crippen LogP contribution in [-0.2, 0) is 0 Å². The molecule has 6 heteroatoms. The average Bonchev–Trinajstić information content (AvgIpc) is 2.47. The van der Waals surface area contributed by atoms with Crippen molar-refractivity contribution in [2.24, 2.45) is 0 Å². The van der Waals surface area contributed by atoms with Crippen molar-refractivity contribution < 1.29 is 9.66 Å². The molecule has 0 saturated carbocycles. The van der Waals surface area contributed by atoms with Crippen LogP contribution in [0.3, 0.4) is 0 Å². The van der Waals surface area contributed by atoms with Gasteiger partial charge in [-0.2, -0.15) is 0 Å². The molecule has 1 fully saturated rings. The minimum absolute atomic E-state index is 0.0676. The second kappa shape index (κ2) is 6.56. The highest BCUT2D eigenvalue weighted by atomic mass is 16.6. The highest BCUT2D eigenvalue weighted by molar-refractivity contribution is 5.64. The summed E-state index contributed by atoms with van der Waals surface area (Å²) in [7, 11) is 1.51. The fourth-order valence-corrected chi connectivity index (χ4v) is 2.59. The fraction of sp³-hybridized carbons (Fsp3) is 0.571. The van der Waals surface area contributed by atoms with Gasteiger partial charge >= 0.3 is 0 Å². The largest absolute Gasteiger partial charge is 0.496 e. The molecular formula is C14H21N3O3. The molecule has 1 atom stereocenters. The summed E-state index contributed by atoms with van der Waals surface area (Å²) in [5, 5.41) is 14.5. The molecule has 1 heterocycles. The standard InChI is InChI=1S/C14H21N3O3/c1-3-16-8-4-5-11(10-16)15-13-7-6-12(20-2)9-14(13)17(18)19/h6-7,9,11,15H,3-5,8,10H2,1-2H3. The van der Waals surface area contributed by atoms with Crippen molar-refractivity contribution in [3.8, 4) is 5.75 Å². The Morgan fingerprint density at radius 1 is 1.55 bits per heavy atom. The summed E-state index contributed by atoms with van der Waals surface area (Å²) < 4.78 is 5.04. The van der Waals surface area contributed by atoms with Crippen LogP contribution in [-0.4, -0.2) is 42.6 Å². The lowest BCUT2D eigenvalue weighted by Gasteiger charge is -2.32. The quantitative estimate of drug-likeness (QED) is 0.662. The highest BCUT2D eigenvalue weighted by Crippen LogP contribution is 2.30. The van der Waals surface area contributed by atoms with Gasteiger partial charge in [0.25, 0.3) is 5.69 Å². The Morgan fingerprint density at radius 2 is 2.35 bits per heavy atom. The molecule has 1 aromatic carbocycles. The second-order valence-electron chi connectivity index (χ2n) is 5.02. The van der Waals surface area contributed by atoms with Gasteiger partial charge < -0.3 is 15.0 Å². The molecule has 1 saturated heterocycles. The smallest absolute Gasteiger partial charge is 0.296 e. The summed E-state index contributed by atoms with van der Waals surface area (Å²) in [5.41, 5.74) is 0.636. The Morgan fingerprint density at radius 3 is 3.00 bits per heavy atom. The number of piperidine rings is 1. The lowest BCUT2D eigenvalue weighted by molar-refractivity contribution is -0.384. The fourth-order valence-electron chi connectivity index (χ4n) is 2.59. The van der Waals surface area contributed by atoms with Crippen molar-refractivity contribution in [3.05, 3.63) is 28.3 Å². The van der Waals surface area contributed by atoms with Crippen LogP contribution in [0.5, 0.6) is 5.75 Å². The van der Waals surface area contributed by atoms with Crippen molar-refractivity contribution in [1.29, 1.82) is 0 Å². The second-order valence-corrected chi connectivity index (χ2v) is 5.02. The Kier molecular flexibility index (Phi) is 4.79. The van der Waals surface area contributed by atoms with E-state index in [0.717, 1.165) is 32.5 Å². The lowest BCUT2D eigenvalue weighted by atomic mass is 10.1. The van der Waals surface area contributed by atoms with E-state index in [1.165, 1.54) is 13.2 Å². The molecule has 0 amide bonds. The molecule has 1 aliphatic heterocycles. The Balaban J connectivity index is 2.14. The predicted octanol–water partition coefficient (Wildman–Crippen LogP) is 2.50. The van der Waals surface area contributed by atoms with Gasteiger partial charge in [0.2, 0.25) is 0 Å². The maximum Gasteiger partial charge on any atom is 0.296 e. The molecule has 1 aliphatic rings. The van der Waals surface area contributed by atoms with Crippen molar-refractivity contribution in [2.75, 3.05) is 32.1 Å². The normalized spacial score (nSPS) is 19.6. The topological polar surface area (TPSA) is 67.6 Å². The van der Waals surface area contributed by atoms with Crippen LogP contribution >= 0.6 is 0 Å². The number of likely N-dealkylation sites (tertiary alicyclic amines) is 1. The third-order valence-electron chi connectivity index (χ3n) is 3.71. The highest BCUT2D eigenvalue weighted by Gasteiger charge is 2.22. The van der Waals surface area contributed by atoms with E-state index >= 15 is 0 Å². The maximum atomic E-state index is 11.2. The molecule has 0 bridgehead atoms. The summed E-state index contributed by atoms with van der Waals surface area (Å²) in [6, 6.07) is 5.19. The van der Waals surface area contributed by atoms with Crippen molar-refractivity contribution >= 4 is 11.4 Å². The number of ether oxygens (including phenoxy) is 1. The molecule has 0 aromatic heterocycles. The van der Waals surface area contributed by atoms with Gasteiger partial charge in [-0.1, -0.05) is 6.92 Å². The molecule has 1 aromatic rings. The van der Waals surface area contributed by atoms with Gasteiger partial charge in [0.05, 0.1) is 18.1 Å². The van der Waals surface area contributed by atoms with Crippen LogP contribution in [0.1, 0.15) is 19.8 Å². The number of hydrogen-bond donors (Lipinski definition) is 1. The van der Waals surface area contributed by atoms with Gasteiger partial charge in [0.1, 0.15) is 11.4 Å². The number of rotatable bonds is 5. The molecule has 1 N–H and O–H groups in total. The number of nitro groups is 1. The Labute approximate surface area is 118 Å². The number of hydrogen-bond acceptors (Lipinski definition) is 5. The Bertz CT molecular complexity index is 479. The van der Waals surface area contributed by atoms with E-state index in [9.17, 15) is 10.1 Å². The van der Waals surface area contributed by atoms with Gasteiger partial charge in [-0.15, -0.1) is 0 Å². The SMILES string of the molecule is CCN1CCCC(Nc2ccc(OC)cc2[N+](=O)[O-])C1. The van der Waals surface area contributed by atoms with E-state index in [1.807, 2.05) is 0 Å².